The largest absolute Gasteiger partial charge is 0.493 e. The fraction of sp³-hybridized carbons (Fsp3) is 0.500. The third-order valence-corrected chi connectivity index (χ3v) is 6.82. The van der Waals surface area contributed by atoms with E-state index in [4.69, 9.17) is 16.3 Å². The second-order valence-corrected chi connectivity index (χ2v) is 9.15. The zero-order chi connectivity index (χ0) is 21.2. The van der Waals surface area contributed by atoms with Crippen LogP contribution in [0.3, 0.4) is 0 Å². The van der Waals surface area contributed by atoms with E-state index < -0.39 is 11.7 Å². The maximum Gasteiger partial charge on any atom is 0.416 e. The molecule has 1 heterocycles. The summed E-state index contributed by atoms with van der Waals surface area (Å²) in [6.07, 6.45) is 1.57. The highest BCUT2D eigenvalue weighted by Crippen LogP contribution is 2.45. The van der Waals surface area contributed by atoms with E-state index in [0.717, 1.165) is 49.6 Å². The standard InChI is InChI=1S/C24H27ClF3NO/c25-21-8-4-19(5-9-21)23(12-2-13-23)17-29-14-1-3-18(15-29)16-30-22-10-6-20(7-11-22)24(26,27)28/h4-11,18H,1-3,12-17H2. The van der Waals surface area contributed by atoms with Crippen molar-refractivity contribution < 1.29 is 17.9 Å². The molecule has 0 radical (unpaired) electrons. The van der Waals surface area contributed by atoms with Crippen LogP contribution in [0.4, 0.5) is 13.2 Å². The molecule has 30 heavy (non-hydrogen) atoms. The van der Waals surface area contributed by atoms with Gasteiger partial charge in [0.25, 0.3) is 0 Å². The molecule has 0 N–H and O–H groups in total. The predicted molar refractivity (Wildman–Crippen MR) is 113 cm³/mol. The Bertz CT molecular complexity index is 831. The van der Waals surface area contributed by atoms with E-state index in [2.05, 4.69) is 17.0 Å². The third kappa shape index (κ3) is 4.94. The van der Waals surface area contributed by atoms with Crippen LogP contribution in [-0.4, -0.2) is 31.1 Å². The van der Waals surface area contributed by atoms with Crippen molar-refractivity contribution in [3.63, 3.8) is 0 Å². The Hall–Kier alpha value is -1.72. The summed E-state index contributed by atoms with van der Waals surface area (Å²) in [5.74, 6) is 0.889. The first kappa shape index (κ1) is 21.5. The number of likely N-dealkylation sites (tertiary alicyclic amines) is 1. The van der Waals surface area contributed by atoms with Gasteiger partial charge in [-0.1, -0.05) is 30.2 Å². The quantitative estimate of drug-likeness (QED) is 0.506. The van der Waals surface area contributed by atoms with Gasteiger partial charge in [0.15, 0.2) is 0 Å². The molecular formula is C24H27ClF3NO. The van der Waals surface area contributed by atoms with Gasteiger partial charge < -0.3 is 9.64 Å². The number of hydrogen-bond donors (Lipinski definition) is 0. The number of piperidine rings is 1. The number of ether oxygens (including phenoxy) is 1. The summed E-state index contributed by atoms with van der Waals surface area (Å²) < 4.78 is 43.9. The van der Waals surface area contributed by atoms with E-state index in [1.165, 1.54) is 37.0 Å². The summed E-state index contributed by atoms with van der Waals surface area (Å²) in [6, 6.07) is 13.3. The molecule has 2 fully saturated rings. The number of rotatable bonds is 6. The molecule has 1 aliphatic carbocycles. The zero-order valence-electron chi connectivity index (χ0n) is 16.9. The molecule has 162 valence electrons. The number of alkyl halides is 3. The Kier molecular flexibility index (Phi) is 6.31. The fourth-order valence-corrected chi connectivity index (χ4v) is 4.88. The molecule has 2 aromatic rings. The molecule has 0 spiro atoms. The lowest BCUT2D eigenvalue weighted by atomic mass is 9.64. The van der Waals surface area contributed by atoms with Crippen LogP contribution in [0.25, 0.3) is 0 Å². The predicted octanol–water partition coefficient (Wildman–Crippen LogP) is 6.57. The van der Waals surface area contributed by atoms with E-state index in [0.29, 0.717) is 18.3 Å². The number of halogens is 4. The minimum Gasteiger partial charge on any atom is -0.493 e. The van der Waals surface area contributed by atoms with Crippen LogP contribution in [0, 0.1) is 5.92 Å². The van der Waals surface area contributed by atoms with E-state index in [9.17, 15) is 13.2 Å². The molecular weight excluding hydrogens is 411 g/mol. The lowest BCUT2D eigenvalue weighted by molar-refractivity contribution is -0.137. The van der Waals surface area contributed by atoms with Crippen molar-refractivity contribution in [3.8, 4) is 5.75 Å². The average Bonchev–Trinajstić information content (AvgIpc) is 2.70. The summed E-state index contributed by atoms with van der Waals surface area (Å²) in [6.45, 7) is 3.64. The lowest BCUT2D eigenvalue weighted by Crippen LogP contribution is -2.49. The maximum absolute atomic E-state index is 12.7. The van der Waals surface area contributed by atoms with Gasteiger partial charge in [0.2, 0.25) is 0 Å². The summed E-state index contributed by atoms with van der Waals surface area (Å²) >= 11 is 6.07. The van der Waals surface area contributed by atoms with Crippen LogP contribution in [0.5, 0.6) is 5.75 Å². The second kappa shape index (κ2) is 8.80. The number of benzene rings is 2. The van der Waals surface area contributed by atoms with Crippen molar-refractivity contribution in [1.82, 2.24) is 4.90 Å². The molecule has 1 saturated heterocycles. The highest BCUT2D eigenvalue weighted by Gasteiger charge is 2.40. The van der Waals surface area contributed by atoms with Gasteiger partial charge in [0.1, 0.15) is 5.75 Å². The third-order valence-electron chi connectivity index (χ3n) is 6.56. The van der Waals surface area contributed by atoms with Gasteiger partial charge in [0, 0.05) is 29.4 Å². The minimum absolute atomic E-state index is 0.223. The van der Waals surface area contributed by atoms with Crippen LogP contribution in [0.1, 0.15) is 43.2 Å². The topological polar surface area (TPSA) is 12.5 Å². The molecule has 0 aromatic heterocycles. The molecule has 1 unspecified atom stereocenters. The first-order valence-corrected chi connectivity index (χ1v) is 11.0. The monoisotopic (exact) mass is 437 g/mol. The first-order valence-electron chi connectivity index (χ1n) is 10.6. The SMILES string of the molecule is FC(F)(F)c1ccc(OCC2CCCN(CC3(c4ccc(Cl)cc4)CCC3)C2)cc1. The fourth-order valence-electron chi connectivity index (χ4n) is 4.76. The molecule has 2 nitrogen and oxygen atoms in total. The van der Waals surface area contributed by atoms with Gasteiger partial charge in [-0.05, 0) is 74.2 Å². The van der Waals surface area contributed by atoms with Crippen LogP contribution in [-0.2, 0) is 11.6 Å². The Morgan fingerprint density at radius 2 is 1.70 bits per heavy atom. The van der Waals surface area contributed by atoms with Crippen molar-refractivity contribution in [2.24, 2.45) is 5.92 Å². The van der Waals surface area contributed by atoms with Gasteiger partial charge in [-0.3, -0.25) is 0 Å². The Morgan fingerprint density at radius 3 is 2.30 bits per heavy atom. The van der Waals surface area contributed by atoms with Gasteiger partial charge in [-0.25, -0.2) is 0 Å². The van der Waals surface area contributed by atoms with Crippen molar-refractivity contribution in [2.45, 2.75) is 43.7 Å². The number of hydrogen-bond acceptors (Lipinski definition) is 2. The van der Waals surface area contributed by atoms with E-state index in [1.807, 2.05) is 12.1 Å². The molecule has 0 bridgehead atoms. The van der Waals surface area contributed by atoms with Crippen molar-refractivity contribution in [3.05, 3.63) is 64.7 Å². The lowest BCUT2D eigenvalue weighted by Gasteiger charge is -2.47. The molecule has 1 saturated carbocycles. The van der Waals surface area contributed by atoms with Gasteiger partial charge in [-0.15, -0.1) is 0 Å². The van der Waals surface area contributed by atoms with Crippen molar-refractivity contribution >= 4 is 11.6 Å². The Morgan fingerprint density at radius 1 is 1.00 bits per heavy atom. The van der Waals surface area contributed by atoms with Crippen molar-refractivity contribution in [1.29, 1.82) is 0 Å². The minimum atomic E-state index is -4.32. The summed E-state index contributed by atoms with van der Waals surface area (Å²) in [7, 11) is 0. The second-order valence-electron chi connectivity index (χ2n) is 8.72. The van der Waals surface area contributed by atoms with Crippen LogP contribution < -0.4 is 4.74 Å². The van der Waals surface area contributed by atoms with Crippen molar-refractivity contribution in [2.75, 3.05) is 26.2 Å². The smallest absolute Gasteiger partial charge is 0.416 e. The molecule has 1 atom stereocenters. The summed E-state index contributed by atoms with van der Waals surface area (Å²) in [4.78, 5) is 2.54. The highest BCUT2D eigenvalue weighted by atomic mass is 35.5. The van der Waals surface area contributed by atoms with Gasteiger partial charge >= 0.3 is 6.18 Å². The van der Waals surface area contributed by atoms with Gasteiger partial charge in [0.05, 0.1) is 12.2 Å². The normalized spacial score (nSPS) is 21.8. The Labute approximate surface area is 181 Å². The van der Waals surface area contributed by atoms with E-state index in [1.54, 1.807) is 0 Å². The molecule has 4 rings (SSSR count). The average molecular weight is 438 g/mol. The first-order chi connectivity index (χ1) is 14.3. The molecule has 1 aliphatic heterocycles. The maximum atomic E-state index is 12.7. The van der Waals surface area contributed by atoms with Crippen LogP contribution >= 0.6 is 11.6 Å². The van der Waals surface area contributed by atoms with E-state index in [-0.39, 0.29) is 5.41 Å². The van der Waals surface area contributed by atoms with Gasteiger partial charge in [-0.2, -0.15) is 13.2 Å². The summed E-state index contributed by atoms with van der Waals surface area (Å²) in [5.41, 5.74) is 0.953. The van der Waals surface area contributed by atoms with Crippen LogP contribution in [0.15, 0.2) is 48.5 Å². The molecule has 2 aromatic carbocycles. The van der Waals surface area contributed by atoms with Crippen LogP contribution in [0.2, 0.25) is 5.02 Å². The zero-order valence-corrected chi connectivity index (χ0v) is 17.7. The highest BCUT2D eigenvalue weighted by molar-refractivity contribution is 6.30. The molecule has 0 amide bonds. The Balaban J connectivity index is 1.32. The van der Waals surface area contributed by atoms with E-state index >= 15 is 0 Å². The molecule has 2 aliphatic rings. The number of nitrogens with zero attached hydrogens (tertiary/aromatic N) is 1. The molecule has 6 heteroatoms. The summed E-state index contributed by atoms with van der Waals surface area (Å²) in [5, 5.41) is 0.770.